The van der Waals surface area contributed by atoms with Gasteiger partial charge >= 0.3 is 5.97 Å². The van der Waals surface area contributed by atoms with E-state index in [-0.39, 0.29) is 19.6 Å². The fourth-order valence-corrected chi connectivity index (χ4v) is 1.89. The third-order valence-electron chi connectivity index (χ3n) is 2.33. The molecule has 0 amide bonds. The molecule has 0 aliphatic carbocycles. The minimum absolute atomic E-state index is 0.00808. The van der Waals surface area contributed by atoms with Gasteiger partial charge in [-0.3, -0.25) is 9.36 Å². The van der Waals surface area contributed by atoms with Gasteiger partial charge in [0, 0.05) is 6.42 Å². The zero-order chi connectivity index (χ0) is 16.5. The Morgan fingerprint density at radius 1 is 1.29 bits per heavy atom. The summed E-state index contributed by atoms with van der Waals surface area (Å²) >= 11 is 0. The van der Waals surface area contributed by atoms with Crippen LogP contribution < -0.4 is 4.89 Å². The molecule has 0 spiro atoms. The summed E-state index contributed by atoms with van der Waals surface area (Å²) < 4.78 is 25.9. The second kappa shape index (κ2) is 9.50. The predicted molar refractivity (Wildman–Crippen MR) is 74.3 cm³/mol. The Morgan fingerprint density at radius 3 is 2.43 bits per heavy atom. The number of rotatable bonds is 11. The number of aliphatic hydroxyl groups is 1. The molecular weight excluding hydrogens is 301 g/mol. The van der Waals surface area contributed by atoms with Crippen LogP contribution in [0, 0.1) is 0 Å². The normalized spacial score (nSPS) is 16.3. The van der Waals surface area contributed by atoms with Crippen molar-refractivity contribution in [1.82, 2.24) is 0 Å². The molecule has 0 aliphatic rings. The Hall–Kier alpha value is -0.500. The maximum absolute atomic E-state index is 11.4. The van der Waals surface area contributed by atoms with Crippen LogP contribution in [-0.2, 0) is 23.1 Å². The molecule has 1 N–H and O–H groups in total. The van der Waals surface area contributed by atoms with E-state index < -0.39 is 26.5 Å². The third-order valence-corrected chi connectivity index (χ3v) is 3.29. The number of ether oxygens (including phenoxy) is 1. The number of carbonyl (C=O) groups is 1. The number of hydrogen-bond donors (Lipinski definition) is 1. The lowest BCUT2D eigenvalue weighted by atomic mass is 10.3. The van der Waals surface area contributed by atoms with Gasteiger partial charge in [0.05, 0.1) is 27.7 Å². The predicted octanol–water partition coefficient (Wildman–Crippen LogP) is -0.102. The molecule has 0 aromatic heterocycles. The lowest BCUT2D eigenvalue weighted by Gasteiger charge is -2.27. The molecule has 0 rings (SSSR count). The van der Waals surface area contributed by atoms with Crippen molar-refractivity contribution < 1.29 is 37.6 Å². The van der Waals surface area contributed by atoms with Gasteiger partial charge in [0.2, 0.25) is 0 Å². The molecule has 0 aromatic carbocycles. The number of carbonyl (C=O) groups excluding carboxylic acids is 1. The number of nitrogens with zero attached hydrogens (tertiary/aromatic N) is 1. The van der Waals surface area contributed by atoms with E-state index in [1.165, 1.54) is 0 Å². The van der Waals surface area contributed by atoms with Gasteiger partial charge in [0.25, 0.3) is 7.82 Å². The second-order valence-electron chi connectivity index (χ2n) is 5.68. The number of esters is 1. The van der Waals surface area contributed by atoms with Crippen LogP contribution >= 0.6 is 7.82 Å². The number of aliphatic hydroxyl groups excluding tert-OH is 1. The summed E-state index contributed by atoms with van der Waals surface area (Å²) in [4.78, 5) is 22.5. The molecule has 0 saturated heterocycles. The van der Waals surface area contributed by atoms with Crippen LogP contribution in [0.15, 0.2) is 0 Å². The van der Waals surface area contributed by atoms with Crippen molar-refractivity contribution in [2.45, 2.75) is 25.9 Å². The molecule has 126 valence electrons. The van der Waals surface area contributed by atoms with Gasteiger partial charge in [-0.05, 0) is 6.42 Å². The monoisotopic (exact) mass is 327 g/mol. The summed E-state index contributed by atoms with van der Waals surface area (Å²) in [5, 5.41) is 9.46. The van der Waals surface area contributed by atoms with Crippen LogP contribution in [0.5, 0.6) is 0 Å². The van der Waals surface area contributed by atoms with Crippen LogP contribution in [0.25, 0.3) is 0 Å². The number of hydrogen-bond acceptors (Lipinski definition) is 7. The molecule has 9 heteroatoms. The van der Waals surface area contributed by atoms with Crippen molar-refractivity contribution in [2.24, 2.45) is 0 Å². The first-order valence-corrected chi connectivity index (χ1v) is 8.26. The van der Waals surface area contributed by atoms with Gasteiger partial charge in [-0.15, -0.1) is 0 Å². The highest BCUT2D eigenvalue weighted by Crippen LogP contribution is 2.38. The summed E-state index contributed by atoms with van der Waals surface area (Å²) in [6.07, 6.45) is -0.321. The standard InChI is InChI=1S/C12H26NO7P/c1-5-6-12(15)18-9-11(14)10-20-21(16,17)19-8-7-13(2,3)4/h11,14H,5-10H2,1-4H3/t11-/m1/s1. The molecule has 0 aromatic rings. The van der Waals surface area contributed by atoms with Gasteiger partial charge in [-0.2, -0.15) is 0 Å². The van der Waals surface area contributed by atoms with Crippen molar-refractivity contribution >= 4 is 13.8 Å². The lowest BCUT2D eigenvalue weighted by molar-refractivity contribution is -0.870. The molecular formula is C12H26NO7P. The highest BCUT2D eigenvalue weighted by molar-refractivity contribution is 7.45. The van der Waals surface area contributed by atoms with E-state index in [0.29, 0.717) is 17.4 Å². The largest absolute Gasteiger partial charge is 0.756 e. The van der Waals surface area contributed by atoms with Crippen molar-refractivity contribution in [2.75, 3.05) is 47.5 Å². The molecule has 0 bridgehead atoms. The minimum Gasteiger partial charge on any atom is -0.756 e. The minimum atomic E-state index is -4.45. The van der Waals surface area contributed by atoms with Crippen LogP contribution in [0.1, 0.15) is 19.8 Å². The van der Waals surface area contributed by atoms with Gasteiger partial charge in [-0.25, -0.2) is 0 Å². The average Bonchev–Trinajstić information content (AvgIpc) is 2.32. The topological polar surface area (TPSA) is 105 Å². The van der Waals surface area contributed by atoms with Gasteiger partial charge in [-0.1, -0.05) is 6.92 Å². The molecule has 2 atom stereocenters. The summed E-state index contributed by atoms with van der Waals surface area (Å²) in [7, 11) is 1.24. The number of quaternary nitrogens is 1. The number of likely N-dealkylation sites (N-methyl/N-ethyl adjacent to an activating group) is 1. The zero-order valence-corrected chi connectivity index (χ0v) is 14.0. The molecule has 8 nitrogen and oxygen atoms in total. The van der Waals surface area contributed by atoms with Crippen molar-refractivity contribution in [1.29, 1.82) is 0 Å². The Morgan fingerprint density at radius 2 is 1.90 bits per heavy atom. The number of phosphoric ester groups is 1. The quantitative estimate of drug-likeness (QED) is 0.321. The van der Waals surface area contributed by atoms with E-state index in [9.17, 15) is 19.4 Å². The summed E-state index contributed by atoms with van der Waals surface area (Å²) in [6.45, 7) is 1.49. The molecule has 0 aliphatic heterocycles. The lowest BCUT2D eigenvalue weighted by Crippen LogP contribution is -2.37. The number of phosphoric acid groups is 1. The fourth-order valence-electron chi connectivity index (χ4n) is 1.15. The van der Waals surface area contributed by atoms with E-state index in [1.54, 1.807) is 0 Å². The third kappa shape index (κ3) is 12.9. The van der Waals surface area contributed by atoms with Crippen LogP contribution in [0.3, 0.4) is 0 Å². The SMILES string of the molecule is CCCC(=O)OC[C@@H](O)COP(=O)([O-])OCC[N+](C)(C)C. The smallest absolute Gasteiger partial charge is 0.305 e. The van der Waals surface area contributed by atoms with E-state index in [1.807, 2.05) is 28.1 Å². The Balaban J connectivity index is 3.91. The van der Waals surface area contributed by atoms with Crippen molar-refractivity contribution in [3.8, 4) is 0 Å². The first kappa shape index (κ1) is 20.5. The summed E-state index contributed by atoms with van der Waals surface area (Å²) in [5.41, 5.74) is 0. The zero-order valence-electron chi connectivity index (χ0n) is 13.1. The molecule has 0 saturated carbocycles. The summed E-state index contributed by atoms with van der Waals surface area (Å²) in [6, 6.07) is 0. The fraction of sp³-hybridized carbons (Fsp3) is 0.917. The molecule has 1 unspecified atom stereocenters. The van der Waals surface area contributed by atoms with E-state index in [2.05, 4.69) is 9.05 Å². The van der Waals surface area contributed by atoms with Gasteiger partial charge in [0.1, 0.15) is 25.9 Å². The molecule has 0 heterocycles. The van der Waals surface area contributed by atoms with Crippen LogP contribution in [0.4, 0.5) is 0 Å². The Bertz CT molecular complexity index is 356. The maximum atomic E-state index is 11.4. The van der Waals surface area contributed by atoms with Crippen molar-refractivity contribution in [3.05, 3.63) is 0 Å². The second-order valence-corrected chi connectivity index (χ2v) is 7.09. The Kier molecular flexibility index (Phi) is 9.28. The van der Waals surface area contributed by atoms with Gasteiger partial charge < -0.3 is 28.3 Å². The first-order chi connectivity index (χ1) is 9.56. The summed E-state index contributed by atoms with van der Waals surface area (Å²) in [5.74, 6) is -0.443. The highest BCUT2D eigenvalue weighted by atomic mass is 31.2. The van der Waals surface area contributed by atoms with E-state index in [4.69, 9.17) is 4.74 Å². The molecule has 21 heavy (non-hydrogen) atoms. The van der Waals surface area contributed by atoms with Gasteiger partial charge in [0.15, 0.2) is 0 Å². The van der Waals surface area contributed by atoms with Crippen LogP contribution in [-0.4, -0.2) is 69.2 Å². The molecule has 0 radical (unpaired) electrons. The van der Waals surface area contributed by atoms with E-state index in [0.717, 1.165) is 0 Å². The molecule has 0 fully saturated rings. The highest BCUT2D eigenvalue weighted by Gasteiger charge is 2.16. The van der Waals surface area contributed by atoms with Crippen LogP contribution in [0.2, 0.25) is 0 Å². The Labute approximate surface area is 125 Å². The first-order valence-electron chi connectivity index (χ1n) is 6.80. The maximum Gasteiger partial charge on any atom is 0.305 e. The van der Waals surface area contributed by atoms with E-state index >= 15 is 0 Å². The van der Waals surface area contributed by atoms with Crippen molar-refractivity contribution in [3.63, 3.8) is 0 Å². The average molecular weight is 327 g/mol.